The predicted octanol–water partition coefficient (Wildman–Crippen LogP) is 3.51. The molecule has 4 rings (SSSR count). The van der Waals surface area contributed by atoms with Crippen LogP contribution in [0, 0.1) is 0 Å². The van der Waals surface area contributed by atoms with Crippen molar-refractivity contribution in [2.24, 2.45) is 0 Å². The zero-order valence-electron chi connectivity index (χ0n) is 17.5. The maximum absolute atomic E-state index is 12.7. The van der Waals surface area contributed by atoms with Gasteiger partial charge in [-0.2, -0.15) is 13.2 Å². The van der Waals surface area contributed by atoms with Crippen molar-refractivity contribution < 1.29 is 36.2 Å². The number of nitrogens with one attached hydrogen (secondary N) is 1. The summed E-state index contributed by atoms with van der Waals surface area (Å²) in [5.74, 6) is 0.207. The van der Waals surface area contributed by atoms with Crippen LogP contribution in [0.2, 0.25) is 0 Å². The van der Waals surface area contributed by atoms with Crippen LogP contribution in [0.4, 0.5) is 19.0 Å². The number of aromatic amines is 1. The first kappa shape index (κ1) is 23.5. The number of imidazole rings is 1. The Bertz CT molecular complexity index is 1270. The van der Waals surface area contributed by atoms with Crippen molar-refractivity contribution in [1.82, 2.24) is 15.0 Å². The Balaban J connectivity index is 1.36. The molecule has 2 aromatic heterocycles. The average Bonchev–Trinajstić information content (AvgIpc) is 3.31. The summed E-state index contributed by atoms with van der Waals surface area (Å²) in [6.07, 6.45) is 3.49. The lowest BCUT2D eigenvalue weighted by atomic mass is 10.1. The Labute approximate surface area is 192 Å². The minimum atomic E-state index is -5.53. The summed E-state index contributed by atoms with van der Waals surface area (Å²) in [7, 11) is -5.53. The number of halogens is 3. The van der Waals surface area contributed by atoms with E-state index in [0.29, 0.717) is 49.3 Å². The summed E-state index contributed by atoms with van der Waals surface area (Å²) in [5, 5.41) is 7.86. The van der Waals surface area contributed by atoms with Crippen LogP contribution < -0.4 is 9.64 Å². The number of sulfone groups is 1. The molecule has 0 unspecified atom stereocenters. The van der Waals surface area contributed by atoms with Crippen LogP contribution in [0.15, 0.2) is 53.8 Å². The number of aromatic nitrogens is 3. The van der Waals surface area contributed by atoms with Crippen molar-refractivity contribution in [2.75, 3.05) is 18.0 Å². The number of pyridine rings is 1. The number of carboxylic acid groups (broad SMARTS) is 1. The Morgan fingerprint density at radius 3 is 2.35 bits per heavy atom. The second-order valence-electron chi connectivity index (χ2n) is 7.58. The van der Waals surface area contributed by atoms with E-state index in [4.69, 9.17) is 9.84 Å². The first-order valence-electron chi connectivity index (χ1n) is 10.1. The van der Waals surface area contributed by atoms with E-state index in [1.165, 1.54) is 18.3 Å². The minimum absolute atomic E-state index is 0.0386. The largest absolute Gasteiger partial charge is 0.503 e. The third-order valence-corrected chi connectivity index (χ3v) is 6.69. The number of piperidine rings is 1. The maximum Gasteiger partial charge on any atom is 0.503 e. The van der Waals surface area contributed by atoms with Crippen LogP contribution in [0.25, 0.3) is 11.4 Å². The van der Waals surface area contributed by atoms with Crippen molar-refractivity contribution in [3.8, 4) is 17.1 Å². The van der Waals surface area contributed by atoms with Gasteiger partial charge in [-0.15, -0.1) is 0 Å². The highest BCUT2D eigenvalue weighted by Crippen LogP contribution is 2.30. The van der Waals surface area contributed by atoms with E-state index >= 15 is 0 Å². The van der Waals surface area contributed by atoms with Gasteiger partial charge >= 0.3 is 11.5 Å². The molecule has 0 spiro atoms. The molecule has 0 bridgehead atoms. The molecule has 2 N–H and O–H groups in total. The molecule has 34 heavy (non-hydrogen) atoms. The van der Waals surface area contributed by atoms with Gasteiger partial charge in [0.15, 0.2) is 5.03 Å². The molecule has 0 radical (unpaired) electrons. The molecule has 13 heteroatoms. The van der Waals surface area contributed by atoms with Crippen LogP contribution in [-0.2, 0) is 9.84 Å². The SMILES string of the molecule is O=C(O)c1ccc(OC2CCN(c3ccc(-c4nc(S(=O)(=O)C(F)(F)F)c[nH]4)cn3)CC2)cc1. The van der Waals surface area contributed by atoms with Crippen molar-refractivity contribution in [3.63, 3.8) is 0 Å². The number of benzene rings is 1. The standard InChI is InChI=1S/C21H19F3N4O5S/c22-21(23,24)34(31,32)18-12-26-19(27-18)14-3-6-17(25-11-14)28-9-7-16(8-10-28)33-15-4-1-13(2-5-15)20(29)30/h1-6,11-12,16H,7-10H2,(H,26,27)(H,29,30). The molecule has 3 heterocycles. The minimum Gasteiger partial charge on any atom is -0.490 e. The lowest BCUT2D eigenvalue weighted by molar-refractivity contribution is -0.0437. The fourth-order valence-corrected chi connectivity index (χ4v) is 4.16. The van der Waals surface area contributed by atoms with E-state index in [2.05, 4.69) is 15.0 Å². The number of carboxylic acids is 1. The fraction of sp³-hybridized carbons (Fsp3) is 0.286. The van der Waals surface area contributed by atoms with E-state index in [1.54, 1.807) is 24.3 Å². The summed E-state index contributed by atoms with van der Waals surface area (Å²) >= 11 is 0. The first-order chi connectivity index (χ1) is 16.0. The summed E-state index contributed by atoms with van der Waals surface area (Å²) in [6.45, 7) is 1.30. The third kappa shape index (κ3) is 4.83. The van der Waals surface area contributed by atoms with E-state index in [9.17, 15) is 26.4 Å². The molecule has 180 valence electrons. The number of carbonyl (C=O) groups is 1. The maximum atomic E-state index is 12.7. The summed E-state index contributed by atoms with van der Waals surface area (Å²) in [6, 6.07) is 9.49. The normalized spacial score (nSPS) is 15.3. The molecule has 1 aromatic carbocycles. The molecular formula is C21H19F3N4O5S. The van der Waals surface area contributed by atoms with E-state index < -0.39 is 26.3 Å². The highest BCUT2D eigenvalue weighted by Gasteiger charge is 2.48. The highest BCUT2D eigenvalue weighted by molar-refractivity contribution is 7.92. The molecule has 1 saturated heterocycles. The average molecular weight is 496 g/mol. The predicted molar refractivity (Wildman–Crippen MR) is 114 cm³/mol. The summed E-state index contributed by atoms with van der Waals surface area (Å²) < 4.78 is 67.0. The molecule has 1 aliphatic heterocycles. The highest BCUT2D eigenvalue weighted by atomic mass is 32.2. The molecule has 9 nitrogen and oxygen atoms in total. The van der Waals surface area contributed by atoms with Crippen LogP contribution >= 0.6 is 0 Å². The molecule has 1 fully saturated rings. The number of H-pyrrole nitrogens is 1. The van der Waals surface area contributed by atoms with Gasteiger partial charge < -0.3 is 19.7 Å². The molecule has 0 atom stereocenters. The number of rotatable bonds is 6. The van der Waals surface area contributed by atoms with E-state index in [-0.39, 0.29) is 17.5 Å². The molecule has 0 amide bonds. The Hall–Kier alpha value is -3.61. The number of alkyl halides is 3. The van der Waals surface area contributed by atoms with Gasteiger partial charge in [0, 0.05) is 43.9 Å². The molecular weight excluding hydrogens is 477 g/mol. The first-order valence-corrected chi connectivity index (χ1v) is 11.6. The van der Waals surface area contributed by atoms with Gasteiger partial charge in [0.25, 0.3) is 9.84 Å². The molecule has 0 aliphatic carbocycles. The lowest BCUT2D eigenvalue weighted by Crippen LogP contribution is -2.38. The number of anilines is 1. The number of nitrogens with zero attached hydrogens (tertiary/aromatic N) is 3. The van der Waals surface area contributed by atoms with E-state index in [1.807, 2.05) is 4.90 Å². The van der Waals surface area contributed by atoms with Gasteiger partial charge in [0.1, 0.15) is 23.5 Å². The summed E-state index contributed by atoms with van der Waals surface area (Å²) in [4.78, 5) is 23.3. The van der Waals surface area contributed by atoms with Gasteiger partial charge in [-0.25, -0.2) is 23.2 Å². The van der Waals surface area contributed by atoms with Gasteiger partial charge in [-0.1, -0.05) is 0 Å². The van der Waals surface area contributed by atoms with Crippen LogP contribution in [0.5, 0.6) is 5.75 Å². The van der Waals surface area contributed by atoms with Gasteiger partial charge in [-0.05, 0) is 36.4 Å². The smallest absolute Gasteiger partial charge is 0.490 e. The Morgan fingerprint density at radius 2 is 1.79 bits per heavy atom. The second kappa shape index (κ2) is 8.97. The van der Waals surface area contributed by atoms with Crippen molar-refractivity contribution in [3.05, 3.63) is 54.4 Å². The zero-order valence-corrected chi connectivity index (χ0v) is 18.3. The van der Waals surface area contributed by atoms with Crippen LogP contribution in [0.1, 0.15) is 23.2 Å². The van der Waals surface area contributed by atoms with Crippen LogP contribution in [0.3, 0.4) is 0 Å². The van der Waals surface area contributed by atoms with E-state index in [0.717, 1.165) is 0 Å². The lowest BCUT2D eigenvalue weighted by Gasteiger charge is -2.33. The Morgan fingerprint density at radius 1 is 1.12 bits per heavy atom. The molecule has 1 aliphatic rings. The fourth-order valence-electron chi connectivity index (χ4n) is 3.49. The second-order valence-corrected chi connectivity index (χ2v) is 9.46. The zero-order chi connectivity index (χ0) is 24.5. The monoisotopic (exact) mass is 496 g/mol. The summed E-state index contributed by atoms with van der Waals surface area (Å²) in [5.41, 5.74) is -4.90. The van der Waals surface area contributed by atoms with Crippen LogP contribution in [-0.4, -0.2) is 59.1 Å². The number of hydrogen-bond donors (Lipinski definition) is 2. The number of hydrogen-bond acceptors (Lipinski definition) is 7. The molecule has 0 saturated carbocycles. The quantitative estimate of drug-likeness (QED) is 0.531. The topological polar surface area (TPSA) is 125 Å². The molecule has 3 aromatic rings. The third-order valence-electron chi connectivity index (χ3n) is 5.33. The van der Waals surface area contributed by atoms with Crippen molar-refractivity contribution in [1.29, 1.82) is 0 Å². The van der Waals surface area contributed by atoms with Gasteiger partial charge in [0.2, 0.25) is 0 Å². The number of aromatic carboxylic acids is 1. The van der Waals surface area contributed by atoms with Crippen molar-refractivity contribution in [2.45, 2.75) is 29.5 Å². The Kier molecular flexibility index (Phi) is 6.21. The number of ether oxygens (including phenoxy) is 1. The van der Waals surface area contributed by atoms with Gasteiger partial charge in [0.05, 0.1) is 5.56 Å². The van der Waals surface area contributed by atoms with Gasteiger partial charge in [-0.3, -0.25) is 0 Å². The van der Waals surface area contributed by atoms with Crippen molar-refractivity contribution >= 4 is 21.6 Å².